The Morgan fingerprint density at radius 3 is 1.68 bits per heavy atom. The maximum absolute atomic E-state index is 12.2. The number of aryl methyl sites for hydroxylation is 1. The number of Topliss-reactive ketones (excluding diaryl/α,β-unsaturated/α-hetero) is 2. The molecule has 0 bridgehead atoms. The lowest BCUT2D eigenvalue weighted by Gasteiger charge is -2.12. The van der Waals surface area contributed by atoms with Gasteiger partial charge in [0, 0.05) is 30.9 Å². The zero-order chi connectivity index (χ0) is 16.1. The van der Waals surface area contributed by atoms with Crippen molar-refractivity contribution in [2.24, 2.45) is 0 Å². The monoisotopic (exact) mass is 295 g/mol. The quantitative estimate of drug-likeness (QED) is 0.601. The highest BCUT2D eigenvalue weighted by molar-refractivity contribution is 6.13. The first-order valence-corrected chi connectivity index (χ1v) is 7.44. The van der Waals surface area contributed by atoms with Crippen molar-refractivity contribution < 1.29 is 9.59 Å². The van der Waals surface area contributed by atoms with Crippen LogP contribution in [0.15, 0.2) is 48.5 Å². The number of carbonyl (C=O) groups excluding carboxylic acids is 2. The topological polar surface area (TPSA) is 37.4 Å². The Hall–Kier alpha value is -2.42. The van der Waals surface area contributed by atoms with Crippen LogP contribution in [0.5, 0.6) is 0 Å². The van der Waals surface area contributed by atoms with Gasteiger partial charge in [-0.25, -0.2) is 0 Å². The number of hydrogen-bond acceptors (Lipinski definition) is 3. The van der Waals surface area contributed by atoms with Crippen LogP contribution in [0, 0.1) is 0 Å². The Labute approximate surface area is 131 Å². The number of anilines is 1. The van der Waals surface area contributed by atoms with Crippen molar-refractivity contribution in [1.29, 1.82) is 0 Å². The first-order chi connectivity index (χ1) is 10.5. The maximum atomic E-state index is 12.2. The average Bonchev–Trinajstić information content (AvgIpc) is 2.54. The van der Waals surface area contributed by atoms with E-state index in [0.717, 1.165) is 12.1 Å². The van der Waals surface area contributed by atoms with Gasteiger partial charge in [0.1, 0.15) is 0 Å². The van der Waals surface area contributed by atoms with Crippen molar-refractivity contribution in [2.45, 2.75) is 19.8 Å². The summed E-state index contributed by atoms with van der Waals surface area (Å²) in [5.41, 5.74) is 3.37. The van der Waals surface area contributed by atoms with Crippen LogP contribution in [-0.2, 0) is 6.42 Å². The van der Waals surface area contributed by atoms with E-state index in [1.54, 1.807) is 24.3 Å². The molecule has 0 N–H and O–H groups in total. The van der Waals surface area contributed by atoms with E-state index in [1.165, 1.54) is 5.56 Å². The molecule has 0 aliphatic rings. The standard InChI is InChI=1S/C19H21NO2/c1-4-14-5-7-15(8-6-14)18(21)13-19(22)16-9-11-17(12-10-16)20(2)3/h5-12H,4,13H2,1-3H3. The third-order valence-corrected chi connectivity index (χ3v) is 3.71. The van der Waals surface area contributed by atoms with Gasteiger partial charge in [-0.15, -0.1) is 0 Å². The molecular weight excluding hydrogens is 274 g/mol. The van der Waals surface area contributed by atoms with Crippen LogP contribution in [0.4, 0.5) is 5.69 Å². The van der Waals surface area contributed by atoms with Gasteiger partial charge in [-0.1, -0.05) is 31.2 Å². The van der Waals surface area contributed by atoms with Gasteiger partial charge in [0.15, 0.2) is 11.6 Å². The van der Waals surface area contributed by atoms with E-state index in [2.05, 4.69) is 6.92 Å². The third kappa shape index (κ3) is 3.82. The molecule has 2 aromatic carbocycles. The first-order valence-electron chi connectivity index (χ1n) is 7.44. The smallest absolute Gasteiger partial charge is 0.170 e. The molecule has 0 radical (unpaired) electrons. The predicted octanol–water partition coefficient (Wildman–Crippen LogP) is 3.77. The highest BCUT2D eigenvalue weighted by atomic mass is 16.1. The number of benzene rings is 2. The number of carbonyl (C=O) groups is 2. The summed E-state index contributed by atoms with van der Waals surface area (Å²) in [5, 5.41) is 0. The fourth-order valence-electron chi connectivity index (χ4n) is 2.22. The van der Waals surface area contributed by atoms with Gasteiger partial charge in [-0.2, -0.15) is 0 Å². The van der Waals surface area contributed by atoms with Crippen molar-refractivity contribution in [2.75, 3.05) is 19.0 Å². The van der Waals surface area contributed by atoms with Gasteiger partial charge in [0.2, 0.25) is 0 Å². The molecule has 0 saturated heterocycles. The molecule has 0 aromatic heterocycles. The molecule has 0 aliphatic carbocycles. The third-order valence-electron chi connectivity index (χ3n) is 3.71. The Balaban J connectivity index is 2.05. The molecule has 2 aromatic rings. The summed E-state index contributed by atoms with van der Waals surface area (Å²) in [6, 6.07) is 14.8. The molecule has 0 atom stereocenters. The number of ketones is 2. The van der Waals surface area contributed by atoms with Crippen molar-refractivity contribution in [3.63, 3.8) is 0 Å². The van der Waals surface area contributed by atoms with E-state index in [1.807, 2.05) is 43.3 Å². The van der Waals surface area contributed by atoms with E-state index in [9.17, 15) is 9.59 Å². The lowest BCUT2D eigenvalue weighted by molar-refractivity contribution is 0.0894. The summed E-state index contributed by atoms with van der Waals surface area (Å²) in [7, 11) is 3.89. The van der Waals surface area contributed by atoms with Crippen molar-refractivity contribution in [1.82, 2.24) is 0 Å². The average molecular weight is 295 g/mol. The summed E-state index contributed by atoms with van der Waals surface area (Å²) < 4.78 is 0. The van der Waals surface area contributed by atoms with Gasteiger partial charge in [-0.3, -0.25) is 9.59 Å². The lowest BCUT2D eigenvalue weighted by Crippen LogP contribution is -2.10. The zero-order valence-electron chi connectivity index (χ0n) is 13.3. The molecular formula is C19H21NO2. The molecule has 0 fully saturated rings. The van der Waals surface area contributed by atoms with Gasteiger partial charge >= 0.3 is 0 Å². The first kappa shape index (κ1) is 16.0. The van der Waals surface area contributed by atoms with Crippen molar-refractivity contribution in [3.05, 3.63) is 65.2 Å². The van der Waals surface area contributed by atoms with E-state index in [-0.39, 0.29) is 18.0 Å². The SMILES string of the molecule is CCc1ccc(C(=O)CC(=O)c2ccc(N(C)C)cc2)cc1. The summed E-state index contributed by atoms with van der Waals surface area (Å²) in [6.45, 7) is 2.07. The normalized spacial score (nSPS) is 10.3. The summed E-state index contributed by atoms with van der Waals surface area (Å²) in [4.78, 5) is 26.3. The molecule has 0 unspecified atom stereocenters. The van der Waals surface area contributed by atoms with Gasteiger partial charge < -0.3 is 4.90 Å². The van der Waals surface area contributed by atoms with E-state index < -0.39 is 0 Å². The highest BCUT2D eigenvalue weighted by Gasteiger charge is 2.13. The van der Waals surface area contributed by atoms with Gasteiger partial charge in [0.25, 0.3) is 0 Å². The van der Waals surface area contributed by atoms with Crippen LogP contribution in [0.25, 0.3) is 0 Å². The molecule has 2 rings (SSSR count). The summed E-state index contributed by atoms with van der Waals surface area (Å²) >= 11 is 0. The molecule has 3 heteroatoms. The van der Waals surface area contributed by atoms with Crippen LogP contribution in [0.1, 0.15) is 39.6 Å². The fraction of sp³-hybridized carbons (Fsp3) is 0.263. The Morgan fingerprint density at radius 2 is 1.27 bits per heavy atom. The molecule has 0 amide bonds. The fourth-order valence-corrected chi connectivity index (χ4v) is 2.22. The zero-order valence-corrected chi connectivity index (χ0v) is 13.3. The van der Waals surface area contributed by atoms with Crippen LogP contribution in [0.3, 0.4) is 0 Å². The number of nitrogens with zero attached hydrogens (tertiary/aromatic N) is 1. The second kappa shape index (κ2) is 7.03. The molecule has 0 spiro atoms. The Bertz CT molecular complexity index is 655. The van der Waals surface area contributed by atoms with Crippen LogP contribution >= 0.6 is 0 Å². The van der Waals surface area contributed by atoms with Gasteiger partial charge in [0.05, 0.1) is 6.42 Å². The highest BCUT2D eigenvalue weighted by Crippen LogP contribution is 2.15. The molecule has 0 heterocycles. The Kier molecular flexibility index (Phi) is 5.10. The van der Waals surface area contributed by atoms with E-state index >= 15 is 0 Å². The largest absolute Gasteiger partial charge is 0.378 e. The minimum absolute atomic E-state index is 0.0905. The van der Waals surface area contributed by atoms with Crippen LogP contribution < -0.4 is 4.90 Å². The second-order valence-electron chi connectivity index (χ2n) is 5.51. The van der Waals surface area contributed by atoms with Crippen molar-refractivity contribution >= 4 is 17.3 Å². The lowest BCUT2D eigenvalue weighted by atomic mass is 10.00. The van der Waals surface area contributed by atoms with E-state index in [4.69, 9.17) is 0 Å². The minimum Gasteiger partial charge on any atom is -0.378 e. The molecule has 114 valence electrons. The van der Waals surface area contributed by atoms with E-state index in [0.29, 0.717) is 11.1 Å². The van der Waals surface area contributed by atoms with Gasteiger partial charge in [-0.05, 0) is 36.2 Å². The number of rotatable bonds is 6. The minimum atomic E-state index is -0.144. The van der Waals surface area contributed by atoms with Crippen LogP contribution in [0.2, 0.25) is 0 Å². The Morgan fingerprint density at radius 1 is 0.818 bits per heavy atom. The predicted molar refractivity (Wildman–Crippen MR) is 89.9 cm³/mol. The summed E-state index contributed by atoms with van der Waals surface area (Å²) in [5.74, 6) is -0.279. The second-order valence-corrected chi connectivity index (χ2v) is 5.51. The summed E-state index contributed by atoms with van der Waals surface area (Å²) in [6.07, 6.45) is 0.846. The molecule has 0 saturated carbocycles. The molecule has 0 aliphatic heterocycles. The van der Waals surface area contributed by atoms with Crippen LogP contribution in [-0.4, -0.2) is 25.7 Å². The molecule has 3 nitrogen and oxygen atoms in total. The maximum Gasteiger partial charge on any atom is 0.170 e. The molecule has 22 heavy (non-hydrogen) atoms. The number of hydrogen-bond donors (Lipinski definition) is 0. The van der Waals surface area contributed by atoms with Crippen molar-refractivity contribution in [3.8, 4) is 0 Å².